The highest BCUT2D eigenvalue weighted by Gasteiger charge is 2.21. The summed E-state index contributed by atoms with van der Waals surface area (Å²) in [7, 11) is 2.08. The van der Waals surface area contributed by atoms with Crippen LogP contribution in [0.2, 0.25) is 0 Å². The fraction of sp³-hybridized carbons (Fsp3) is 0.538. The van der Waals surface area contributed by atoms with E-state index >= 15 is 0 Å². The normalized spacial score (nSPS) is 14.8. The molecule has 0 bridgehead atoms. The summed E-state index contributed by atoms with van der Waals surface area (Å²) in [5, 5.41) is 6.72. The van der Waals surface area contributed by atoms with Crippen LogP contribution in [0, 0.1) is 6.92 Å². The van der Waals surface area contributed by atoms with Gasteiger partial charge in [0.25, 0.3) is 0 Å². The summed E-state index contributed by atoms with van der Waals surface area (Å²) in [4.78, 5) is 12.5. The molecule has 1 aliphatic rings. The zero-order valence-electron chi connectivity index (χ0n) is 11.2. The maximum Gasteiger partial charge on any atom is 0.185 e. The predicted molar refractivity (Wildman–Crippen MR) is 80.9 cm³/mol. The van der Waals surface area contributed by atoms with Gasteiger partial charge in [-0.25, -0.2) is 9.97 Å². The molecule has 2 aromatic heterocycles. The second kappa shape index (κ2) is 5.56. The Balaban J connectivity index is 1.64. The molecule has 3 rings (SSSR count). The number of hydrogen-bond acceptors (Lipinski definition) is 6. The van der Waals surface area contributed by atoms with Crippen LogP contribution in [0.4, 0.5) is 5.13 Å². The maximum atomic E-state index is 4.67. The second-order valence-corrected chi connectivity index (χ2v) is 6.78. The smallest absolute Gasteiger partial charge is 0.185 e. The molecular formula is C13H18N4S2. The number of hydrogen-bond donors (Lipinski definition) is 1. The van der Waals surface area contributed by atoms with Gasteiger partial charge >= 0.3 is 0 Å². The van der Waals surface area contributed by atoms with Crippen molar-refractivity contribution in [3.05, 3.63) is 27.2 Å². The summed E-state index contributed by atoms with van der Waals surface area (Å²) in [5.74, 6) is 0. The molecule has 1 N–H and O–H groups in total. The quantitative estimate of drug-likeness (QED) is 0.889. The Morgan fingerprint density at radius 3 is 3.00 bits per heavy atom. The molecule has 0 aliphatic heterocycles. The number of thiazole rings is 2. The summed E-state index contributed by atoms with van der Waals surface area (Å²) in [6, 6.07) is 0.748. The molecule has 1 aliphatic carbocycles. The van der Waals surface area contributed by atoms with Crippen molar-refractivity contribution in [2.24, 2.45) is 0 Å². The average Bonchev–Trinajstić information content (AvgIpc) is 2.93. The predicted octanol–water partition coefficient (Wildman–Crippen LogP) is 2.80. The summed E-state index contributed by atoms with van der Waals surface area (Å²) >= 11 is 3.43. The van der Waals surface area contributed by atoms with Gasteiger partial charge in [-0.2, -0.15) is 0 Å². The van der Waals surface area contributed by atoms with Crippen LogP contribution >= 0.6 is 22.7 Å². The van der Waals surface area contributed by atoms with E-state index in [-0.39, 0.29) is 0 Å². The van der Waals surface area contributed by atoms with Gasteiger partial charge in [0.1, 0.15) is 0 Å². The molecule has 2 aromatic rings. The van der Waals surface area contributed by atoms with Crippen LogP contribution in [0.15, 0.2) is 10.9 Å². The molecule has 0 aromatic carbocycles. The van der Waals surface area contributed by atoms with Crippen LogP contribution in [0.25, 0.3) is 0 Å². The lowest BCUT2D eigenvalue weighted by Gasteiger charge is -2.13. The first-order chi connectivity index (χ1) is 9.22. The number of aryl methyl sites for hydroxylation is 1. The number of nitrogens with zero attached hydrogens (tertiary/aromatic N) is 3. The fourth-order valence-electron chi connectivity index (χ4n) is 1.89. The Kier molecular flexibility index (Phi) is 3.81. The van der Waals surface area contributed by atoms with Gasteiger partial charge in [0, 0.05) is 29.9 Å². The molecule has 0 spiro atoms. The lowest BCUT2D eigenvalue weighted by atomic mass is 10.4. The van der Waals surface area contributed by atoms with Crippen LogP contribution in [0.3, 0.4) is 0 Å². The standard InChI is InChI=1S/C13H18N4S2/c1-9-12(5-14-10-3-4-10)19-13(16-9)17(2)6-11-7-18-8-15-11/h7-8,10,14H,3-6H2,1-2H3. The molecule has 6 heteroatoms. The van der Waals surface area contributed by atoms with Crippen molar-refractivity contribution in [3.8, 4) is 0 Å². The van der Waals surface area contributed by atoms with Crippen molar-refractivity contribution in [3.63, 3.8) is 0 Å². The van der Waals surface area contributed by atoms with Gasteiger partial charge in [0.15, 0.2) is 5.13 Å². The van der Waals surface area contributed by atoms with Crippen molar-refractivity contribution >= 4 is 27.8 Å². The SMILES string of the molecule is Cc1nc(N(C)Cc2cscn2)sc1CNC1CC1. The lowest BCUT2D eigenvalue weighted by Crippen LogP contribution is -2.16. The largest absolute Gasteiger partial charge is 0.345 e. The maximum absolute atomic E-state index is 4.67. The van der Waals surface area contributed by atoms with Crippen LogP contribution < -0.4 is 10.2 Å². The van der Waals surface area contributed by atoms with Gasteiger partial charge in [0.2, 0.25) is 0 Å². The Bertz CT molecular complexity index is 531. The van der Waals surface area contributed by atoms with Crippen molar-refractivity contribution in [2.45, 2.75) is 38.9 Å². The molecular weight excluding hydrogens is 276 g/mol. The molecule has 0 amide bonds. The molecule has 0 radical (unpaired) electrons. The number of nitrogens with one attached hydrogen (secondary N) is 1. The zero-order valence-corrected chi connectivity index (χ0v) is 12.9. The summed E-state index contributed by atoms with van der Waals surface area (Å²) in [6.45, 7) is 3.88. The topological polar surface area (TPSA) is 41.1 Å². The summed E-state index contributed by atoms with van der Waals surface area (Å²) in [5.41, 5.74) is 4.14. The average molecular weight is 294 g/mol. The molecule has 19 heavy (non-hydrogen) atoms. The molecule has 2 heterocycles. The van der Waals surface area contributed by atoms with E-state index < -0.39 is 0 Å². The second-order valence-electron chi connectivity index (χ2n) is 5.00. The zero-order chi connectivity index (χ0) is 13.2. The number of aromatic nitrogens is 2. The van der Waals surface area contributed by atoms with Gasteiger partial charge in [-0.05, 0) is 19.8 Å². The molecule has 0 atom stereocenters. The minimum Gasteiger partial charge on any atom is -0.345 e. The van der Waals surface area contributed by atoms with Crippen LogP contribution in [0.1, 0.15) is 29.1 Å². The van der Waals surface area contributed by atoms with Crippen LogP contribution in [0.5, 0.6) is 0 Å². The summed E-state index contributed by atoms with van der Waals surface area (Å²) in [6.07, 6.45) is 2.66. The lowest BCUT2D eigenvalue weighted by molar-refractivity contribution is 0.691. The van der Waals surface area contributed by atoms with E-state index in [0.29, 0.717) is 0 Å². The fourth-order valence-corrected chi connectivity index (χ4v) is 3.41. The van der Waals surface area contributed by atoms with E-state index in [1.807, 2.05) is 5.51 Å². The minimum atomic E-state index is 0.748. The molecule has 0 saturated heterocycles. The van der Waals surface area contributed by atoms with E-state index in [1.54, 1.807) is 22.7 Å². The van der Waals surface area contributed by atoms with Crippen LogP contribution in [-0.2, 0) is 13.1 Å². The monoisotopic (exact) mass is 294 g/mol. The van der Waals surface area contributed by atoms with Gasteiger partial charge in [-0.15, -0.1) is 22.7 Å². The Morgan fingerprint density at radius 2 is 2.32 bits per heavy atom. The van der Waals surface area contributed by atoms with E-state index in [1.165, 1.54) is 17.7 Å². The van der Waals surface area contributed by atoms with Gasteiger partial charge < -0.3 is 10.2 Å². The number of rotatable bonds is 6. The van der Waals surface area contributed by atoms with Crippen molar-refractivity contribution in [1.29, 1.82) is 0 Å². The highest BCUT2D eigenvalue weighted by atomic mass is 32.1. The van der Waals surface area contributed by atoms with Crippen molar-refractivity contribution in [1.82, 2.24) is 15.3 Å². The highest BCUT2D eigenvalue weighted by molar-refractivity contribution is 7.15. The molecule has 0 unspecified atom stereocenters. The third kappa shape index (κ3) is 3.32. The van der Waals surface area contributed by atoms with E-state index in [4.69, 9.17) is 0 Å². The van der Waals surface area contributed by atoms with E-state index in [9.17, 15) is 0 Å². The van der Waals surface area contributed by atoms with E-state index in [2.05, 4.69) is 39.5 Å². The van der Waals surface area contributed by atoms with Crippen molar-refractivity contribution in [2.75, 3.05) is 11.9 Å². The van der Waals surface area contributed by atoms with E-state index in [0.717, 1.165) is 35.7 Å². The summed E-state index contributed by atoms with van der Waals surface area (Å²) < 4.78 is 0. The van der Waals surface area contributed by atoms with Crippen LogP contribution in [-0.4, -0.2) is 23.1 Å². The third-order valence-corrected chi connectivity index (χ3v) is 5.13. The molecule has 1 saturated carbocycles. The first-order valence-corrected chi connectivity index (χ1v) is 8.26. The van der Waals surface area contributed by atoms with Gasteiger partial charge in [0.05, 0.1) is 23.4 Å². The third-order valence-electron chi connectivity index (χ3n) is 3.22. The molecule has 1 fully saturated rings. The first-order valence-electron chi connectivity index (χ1n) is 6.50. The Morgan fingerprint density at radius 1 is 1.47 bits per heavy atom. The molecule has 4 nitrogen and oxygen atoms in total. The Labute approximate surface area is 121 Å². The molecule has 102 valence electrons. The first kappa shape index (κ1) is 13.0. The minimum absolute atomic E-state index is 0.748. The Hall–Kier alpha value is -0.980. The number of anilines is 1. The van der Waals surface area contributed by atoms with Gasteiger partial charge in [-0.3, -0.25) is 0 Å². The van der Waals surface area contributed by atoms with Crippen molar-refractivity contribution < 1.29 is 0 Å². The van der Waals surface area contributed by atoms with Gasteiger partial charge in [-0.1, -0.05) is 0 Å². The highest BCUT2D eigenvalue weighted by Crippen LogP contribution is 2.27.